The topological polar surface area (TPSA) is 49.2 Å². The molecule has 0 saturated heterocycles. The number of rotatable bonds is 4. The van der Waals surface area contributed by atoms with Gasteiger partial charge in [-0.1, -0.05) is 0 Å². The van der Waals surface area contributed by atoms with E-state index in [-0.39, 0.29) is 6.61 Å². The van der Waals surface area contributed by atoms with E-state index in [4.69, 9.17) is 0 Å². The number of hydrogen-bond acceptors (Lipinski definition) is 4. The third-order valence-corrected chi connectivity index (χ3v) is 2.61. The van der Waals surface area contributed by atoms with Crippen molar-refractivity contribution >= 4 is 5.82 Å². The summed E-state index contributed by atoms with van der Waals surface area (Å²) in [5, 5.41) is 9.21. The molecule has 0 amide bonds. The zero-order chi connectivity index (χ0) is 13.0. The fraction of sp³-hybridized carbons (Fsp3) is 0.231. The zero-order valence-electron chi connectivity index (χ0n) is 10.0. The summed E-state index contributed by atoms with van der Waals surface area (Å²) in [4.78, 5) is 9.83. The highest BCUT2D eigenvalue weighted by Crippen LogP contribution is 2.19. The molecule has 0 aliphatic rings. The summed E-state index contributed by atoms with van der Waals surface area (Å²) in [5.41, 5.74) is 1.55. The highest BCUT2D eigenvalue weighted by Gasteiger charge is 2.10. The van der Waals surface area contributed by atoms with E-state index in [0.29, 0.717) is 17.9 Å². The van der Waals surface area contributed by atoms with Crippen molar-refractivity contribution in [1.29, 1.82) is 0 Å². The Hall–Kier alpha value is -2.01. The van der Waals surface area contributed by atoms with E-state index >= 15 is 0 Å². The molecule has 4 nitrogen and oxygen atoms in total. The minimum atomic E-state index is -0.444. The van der Waals surface area contributed by atoms with Crippen LogP contribution in [0.3, 0.4) is 0 Å². The first-order chi connectivity index (χ1) is 8.70. The number of hydrogen-bond donors (Lipinski definition) is 1. The van der Waals surface area contributed by atoms with E-state index in [1.807, 2.05) is 24.1 Å². The number of anilines is 1. The van der Waals surface area contributed by atoms with Gasteiger partial charge in [0.2, 0.25) is 0 Å². The molecule has 0 spiro atoms. The molecule has 0 saturated carbocycles. The lowest BCUT2D eigenvalue weighted by Crippen LogP contribution is -2.19. The Kier molecular flexibility index (Phi) is 3.84. The van der Waals surface area contributed by atoms with Crippen molar-refractivity contribution in [3.63, 3.8) is 0 Å². The Bertz CT molecular complexity index is 519. The van der Waals surface area contributed by atoms with Crippen LogP contribution in [0.4, 0.5) is 10.2 Å². The van der Waals surface area contributed by atoms with Gasteiger partial charge in [-0.05, 0) is 23.8 Å². The Labute approximate surface area is 105 Å². The number of nitrogens with zero attached hydrogens (tertiary/aromatic N) is 3. The fourth-order valence-corrected chi connectivity index (χ4v) is 1.77. The number of pyridine rings is 2. The van der Waals surface area contributed by atoms with Crippen LogP contribution in [-0.4, -0.2) is 22.1 Å². The molecule has 2 rings (SSSR count). The summed E-state index contributed by atoms with van der Waals surface area (Å²) >= 11 is 0. The monoisotopic (exact) mass is 247 g/mol. The molecule has 0 radical (unpaired) electrons. The van der Waals surface area contributed by atoms with Gasteiger partial charge in [0.05, 0.1) is 12.8 Å². The predicted molar refractivity (Wildman–Crippen MR) is 66.5 cm³/mol. The Morgan fingerprint density at radius 2 is 2.06 bits per heavy atom. The van der Waals surface area contributed by atoms with Crippen molar-refractivity contribution in [3.8, 4) is 0 Å². The fourth-order valence-electron chi connectivity index (χ4n) is 1.77. The largest absolute Gasteiger partial charge is 0.392 e. The van der Waals surface area contributed by atoms with Gasteiger partial charge in [-0.15, -0.1) is 0 Å². The van der Waals surface area contributed by atoms with E-state index in [0.717, 1.165) is 11.8 Å². The molecule has 5 heteroatoms. The minimum absolute atomic E-state index is 0.235. The number of aliphatic hydroxyl groups is 1. The maximum atomic E-state index is 13.0. The van der Waals surface area contributed by atoms with Gasteiger partial charge < -0.3 is 10.0 Å². The smallest absolute Gasteiger partial charge is 0.142 e. The number of aromatic nitrogens is 2. The second-order valence-electron chi connectivity index (χ2n) is 4.01. The van der Waals surface area contributed by atoms with Gasteiger partial charge in [-0.3, -0.25) is 4.98 Å². The molecular formula is C13H14FN3O. The standard InChI is InChI=1S/C13H14FN3O/c1-17(8-10-2-4-15-5-3-10)13-11(9-18)6-12(14)7-16-13/h2-7,18H,8-9H2,1H3. The van der Waals surface area contributed by atoms with Gasteiger partial charge in [0.15, 0.2) is 0 Å². The third kappa shape index (κ3) is 2.81. The molecule has 0 aliphatic carbocycles. The molecule has 0 atom stereocenters. The first kappa shape index (κ1) is 12.4. The molecule has 2 aromatic heterocycles. The Morgan fingerprint density at radius 1 is 1.33 bits per heavy atom. The van der Waals surface area contributed by atoms with Crippen LogP contribution in [0.15, 0.2) is 36.8 Å². The molecule has 2 aromatic rings. The minimum Gasteiger partial charge on any atom is -0.392 e. The van der Waals surface area contributed by atoms with Crippen molar-refractivity contribution in [3.05, 3.63) is 53.7 Å². The maximum absolute atomic E-state index is 13.0. The predicted octanol–water partition coefficient (Wildman–Crippen LogP) is 1.74. The van der Waals surface area contributed by atoms with Crippen LogP contribution in [0.25, 0.3) is 0 Å². The molecule has 18 heavy (non-hydrogen) atoms. The molecule has 2 heterocycles. The summed E-state index contributed by atoms with van der Waals surface area (Å²) in [6, 6.07) is 5.10. The van der Waals surface area contributed by atoms with Gasteiger partial charge in [-0.2, -0.15) is 0 Å². The summed E-state index contributed by atoms with van der Waals surface area (Å²) in [6.45, 7) is 0.384. The summed E-state index contributed by atoms with van der Waals surface area (Å²) < 4.78 is 13.0. The van der Waals surface area contributed by atoms with Gasteiger partial charge in [0, 0.05) is 31.5 Å². The second-order valence-corrected chi connectivity index (χ2v) is 4.01. The quantitative estimate of drug-likeness (QED) is 0.894. The SMILES string of the molecule is CN(Cc1ccncc1)c1ncc(F)cc1CO. The molecule has 1 N–H and O–H groups in total. The lowest BCUT2D eigenvalue weighted by molar-refractivity contribution is 0.281. The van der Waals surface area contributed by atoms with Crippen molar-refractivity contribution in [1.82, 2.24) is 9.97 Å². The van der Waals surface area contributed by atoms with Crippen molar-refractivity contribution < 1.29 is 9.50 Å². The highest BCUT2D eigenvalue weighted by molar-refractivity contribution is 5.46. The normalized spacial score (nSPS) is 10.4. The molecule has 0 unspecified atom stereocenters. The molecular weight excluding hydrogens is 233 g/mol. The first-order valence-electron chi connectivity index (χ1n) is 5.56. The Balaban J connectivity index is 2.21. The lowest BCUT2D eigenvalue weighted by Gasteiger charge is -2.20. The van der Waals surface area contributed by atoms with Crippen LogP contribution in [0.2, 0.25) is 0 Å². The molecule has 0 fully saturated rings. The van der Waals surface area contributed by atoms with Gasteiger partial charge in [-0.25, -0.2) is 9.37 Å². The van der Waals surface area contributed by atoms with Crippen LogP contribution < -0.4 is 4.90 Å². The Morgan fingerprint density at radius 3 is 2.72 bits per heavy atom. The molecule has 94 valence electrons. The van der Waals surface area contributed by atoms with Crippen LogP contribution in [0.1, 0.15) is 11.1 Å². The lowest BCUT2D eigenvalue weighted by atomic mass is 10.2. The molecule has 0 aliphatic heterocycles. The summed E-state index contributed by atoms with van der Waals surface area (Å²) in [5.74, 6) is 0.135. The maximum Gasteiger partial charge on any atom is 0.142 e. The van der Waals surface area contributed by atoms with Crippen molar-refractivity contribution in [2.24, 2.45) is 0 Å². The number of halogens is 1. The first-order valence-corrected chi connectivity index (χ1v) is 5.56. The van der Waals surface area contributed by atoms with Crippen LogP contribution in [0.5, 0.6) is 0 Å². The highest BCUT2D eigenvalue weighted by atomic mass is 19.1. The van der Waals surface area contributed by atoms with Crippen LogP contribution >= 0.6 is 0 Å². The van der Waals surface area contributed by atoms with Crippen LogP contribution in [-0.2, 0) is 13.2 Å². The third-order valence-electron chi connectivity index (χ3n) is 2.61. The van der Waals surface area contributed by atoms with Gasteiger partial charge in [0.1, 0.15) is 11.6 Å². The molecule has 0 aromatic carbocycles. The summed E-state index contributed by atoms with van der Waals surface area (Å²) in [7, 11) is 1.85. The van der Waals surface area contributed by atoms with Crippen molar-refractivity contribution in [2.75, 3.05) is 11.9 Å². The van der Waals surface area contributed by atoms with E-state index in [1.165, 1.54) is 6.07 Å². The van der Waals surface area contributed by atoms with E-state index in [1.54, 1.807) is 12.4 Å². The summed E-state index contributed by atoms with van der Waals surface area (Å²) in [6.07, 6.45) is 4.58. The van der Waals surface area contributed by atoms with Crippen molar-refractivity contribution in [2.45, 2.75) is 13.2 Å². The van der Waals surface area contributed by atoms with E-state index in [2.05, 4.69) is 9.97 Å². The average molecular weight is 247 g/mol. The molecule has 0 bridgehead atoms. The average Bonchev–Trinajstić information content (AvgIpc) is 2.39. The second kappa shape index (κ2) is 5.55. The zero-order valence-corrected chi connectivity index (χ0v) is 10.0. The van der Waals surface area contributed by atoms with Crippen LogP contribution in [0, 0.1) is 5.82 Å². The van der Waals surface area contributed by atoms with E-state index < -0.39 is 5.82 Å². The van der Waals surface area contributed by atoms with E-state index in [9.17, 15) is 9.50 Å². The van der Waals surface area contributed by atoms with Gasteiger partial charge >= 0.3 is 0 Å². The van der Waals surface area contributed by atoms with Gasteiger partial charge in [0.25, 0.3) is 0 Å². The number of aliphatic hydroxyl groups excluding tert-OH is 1.